The molecule has 0 saturated heterocycles. The van der Waals surface area contributed by atoms with Crippen molar-refractivity contribution in [2.24, 2.45) is 5.73 Å². The largest absolute Gasteiger partial charge is 0.382 e. The summed E-state index contributed by atoms with van der Waals surface area (Å²) < 4.78 is 16.1. The Labute approximate surface area is 85.7 Å². The summed E-state index contributed by atoms with van der Waals surface area (Å²) >= 11 is 0. The van der Waals surface area contributed by atoms with Crippen molar-refractivity contribution in [1.29, 1.82) is 0 Å². The fourth-order valence-electron chi connectivity index (χ4n) is 1.55. The molecule has 1 fully saturated rings. The van der Waals surface area contributed by atoms with Gasteiger partial charge in [-0.15, -0.1) is 0 Å². The van der Waals surface area contributed by atoms with Gasteiger partial charge >= 0.3 is 0 Å². The molecule has 4 heteroatoms. The highest BCUT2D eigenvalue weighted by Gasteiger charge is 2.40. The minimum Gasteiger partial charge on any atom is -0.382 e. The number of rotatable bonds is 7. The van der Waals surface area contributed by atoms with Gasteiger partial charge in [-0.1, -0.05) is 6.92 Å². The summed E-state index contributed by atoms with van der Waals surface area (Å²) in [5.41, 5.74) is 5.82. The second-order valence-electron chi connectivity index (χ2n) is 3.64. The third-order valence-corrected chi connectivity index (χ3v) is 2.43. The molecule has 0 aliphatic heterocycles. The third-order valence-electron chi connectivity index (χ3n) is 2.43. The van der Waals surface area contributed by atoms with Crippen LogP contribution in [0.4, 0.5) is 0 Å². The Morgan fingerprint density at radius 1 is 1.21 bits per heavy atom. The van der Waals surface area contributed by atoms with Gasteiger partial charge in [0.15, 0.2) is 0 Å². The normalized spacial score (nSPS) is 31.5. The first kappa shape index (κ1) is 11.9. The van der Waals surface area contributed by atoms with Crippen molar-refractivity contribution in [3.63, 3.8) is 0 Å². The number of hydrogen-bond donors (Lipinski definition) is 1. The fourth-order valence-corrected chi connectivity index (χ4v) is 1.55. The summed E-state index contributed by atoms with van der Waals surface area (Å²) in [4.78, 5) is 0. The van der Waals surface area contributed by atoms with Crippen LogP contribution >= 0.6 is 0 Å². The van der Waals surface area contributed by atoms with Crippen LogP contribution in [0.2, 0.25) is 0 Å². The van der Waals surface area contributed by atoms with Crippen LogP contribution in [0, 0.1) is 0 Å². The Hall–Kier alpha value is -0.160. The molecular formula is C10H21NO3. The number of hydrogen-bond acceptors (Lipinski definition) is 4. The molecular weight excluding hydrogens is 182 g/mol. The smallest absolute Gasteiger partial charge is 0.0988 e. The van der Waals surface area contributed by atoms with E-state index in [1.807, 2.05) is 0 Å². The minimum absolute atomic E-state index is 0.0896. The van der Waals surface area contributed by atoms with E-state index in [-0.39, 0.29) is 18.2 Å². The molecule has 0 heterocycles. The first-order valence-electron chi connectivity index (χ1n) is 5.27. The Morgan fingerprint density at radius 3 is 2.57 bits per heavy atom. The zero-order chi connectivity index (χ0) is 10.4. The van der Waals surface area contributed by atoms with E-state index in [1.165, 1.54) is 0 Å². The molecule has 1 aliphatic carbocycles. The number of methoxy groups -OCH3 is 1. The van der Waals surface area contributed by atoms with Crippen LogP contribution < -0.4 is 5.73 Å². The average molecular weight is 203 g/mol. The van der Waals surface area contributed by atoms with Crippen molar-refractivity contribution in [3.8, 4) is 0 Å². The van der Waals surface area contributed by atoms with Crippen LogP contribution in [0.1, 0.15) is 19.8 Å². The summed E-state index contributed by atoms with van der Waals surface area (Å²) in [5, 5.41) is 0. The molecule has 4 nitrogen and oxygen atoms in total. The molecule has 3 atom stereocenters. The summed E-state index contributed by atoms with van der Waals surface area (Å²) in [5.74, 6) is 0. The zero-order valence-electron chi connectivity index (χ0n) is 9.07. The minimum atomic E-state index is 0.0896. The monoisotopic (exact) mass is 203 g/mol. The molecule has 0 spiro atoms. The van der Waals surface area contributed by atoms with Crippen LogP contribution in [0.3, 0.4) is 0 Å². The van der Waals surface area contributed by atoms with Gasteiger partial charge in [0, 0.05) is 19.8 Å². The summed E-state index contributed by atoms with van der Waals surface area (Å²) in [6.07, 6.45) is 2.19. The van der Waals surface area contributed by atoms with Crippen LogP contribution in [-0.4, -0.2) is 45.2 Å². The molecule has 14 heavy (non-hydrogen) atoms. The van der Waals surface area contributed by atoms with Gasteiger partial charge in [0.25, 0.3) is 0 Å². The summed E-state index contributed by atoms with van der Waals surface area (Å²) in [6.45, 7) is 4.11. The predicted octanol–water partition coefficient (Wildman–Crippen LogP) is 0.544. The van der Waals surface area contributed by atoms with Crippen molar-refractivity contribution in [3.05, 3.63) is 0 Å². The Morgan fingerprint density at radius 2 is 2.00 bits per heavy atom. The predicted molar refractivity (Wildman–Crippen MR) is 54.2 cm³/mol. The van der Waals surface area contributed by atoms with Crippen LogP contribution in [0.15, 0.2) is 0 Å². The second-order valence-corrected chi connectivity index (χ2v) is 3.64. The van der Waals surface area contributed by atoms with E-state index in [0.29, 0.717) is 13.2 Å². The van der Waals surface area contributed by atoms with E-state index in [1.54, 1.807) is 7.11 Å². The molecule has 1 aliphatic rings. The van der Waals surface area contributed by atoms with Crippen molar-refractivity contribution in [1.82, 2.24) is 0 Å². The standard InChI is InChI=1S/C10H21NO3/c1-3-4-14-10-8(11)7-9(10)13-6-5-12-2/h8-10H,3-7,11H2,1-2H3. The van der Waals surface area contributed by atoms with E-state index in [4.69, 9.17) is 19.9 Å². The van der Waals surface area contributed by atoms with E-state index in [2.05, 4.69) is 6.92 Å². The van der Waals surface area contributed by atoms with Gasteiger partial charge in [-0.3, -0.25) is 0 Å². The Kier molecular flexibility index (Phi) is 5.40. The molecule has 0 amide bonds. The van der Waals surface area contributed by atoms with Gasteiger partial charge < -0.3 is 19.9 Å². The topological polar surface area (TPSA) is 53.7 Å². The van der Waals surface area contributed by atoms with Gasteiger partial charge in [-0.2, -0.15) is 0 Å². The lowest BCUT2D eigenvalue weighted by Crippen LogP contribution is -2.58. The lowest BCUT2D eigenvalue weighted by molar-refractivity contribution is -0.144. The lowest BCUT2D eigenvalue weighted by atomic mass is 9.86. The van der Waals surface area contributed by atoms with E-state index in [0.717, 1.165) is 19.4 Å². The van der Waals surface area contributed by atoms with Gasteiger partial charge in [0.2, 0.25) is 0 Å². The quantitative estimate of drug-likeness (QED) is 0.614. The van der Waals surface area contributed by atoms with Gasteiger partial charge in [-0.05, 0) is 12.8 Å². The van der Waals surface area contributed by atoms with Gasteiger partial charge in [-0.25, -0.2) is 0 Å². The average Bonchev–Trinajstić information content (AvgIpc) is 2.17. The van der Waals surface area contributed by atoms with E-state index >= 15 is 0 Å². The van der Waals surface area contributed by atoms with Gasteiger partial charge in [0.1, 0.15) is 0 Å². The highest BCUT2D eigenvalue weighted by molar-refractivity contribution is 4.95. The molecule has 3 unspecified atom stereocenters. The molecule has 0 aromatic rings. The molecule has 1 rings (SSSR count). The molecule has 2 N–H and O–H groups in total. The summed E-state index contributed by atoms with van der Waals surface area (Å²) in [7, 11) is 1.67. The molecule has 0 bridgehead atoms. The van der Waals surface area contributed by atoms with Crippen LogP contribution in [0.5, 0.6) is 0 Å². The number of nitrogens with two attached hydrogens (primary N) is 1. The Bertz CT molecular complexity index is 154. The van der Waals surface area contributed by atoms with Crippen molar-refractivity contribution in [2.75, 3.05) is 26.9 Å². The maximum Gasteiger partial charge on any atom is 0.0988 e. The maximum absolute atomic E-state index is 5.82. The maximum atomic E-state index is 5.82. The first-order valence-corrected chi connectivity index (χ1v) is 5.27. The molecule has 0 radical (unpaired) electrons. The van der Waals surface area contributed by atoms with Crippen LogP contribution in [0.25, 0.3) is 0 Å². The highest BCUT2D eigenvalue weighted by atomic mass is 16.6. The zero-order valence-corrected chi connectivity index (χ0v) is 9.07. The van der Waals surface area contributed by atoms with Crippen molar-refractivity contribution < 1.29 is 14.2 Å². The molecule has 84 valence electrons. The van der Waals surface area contributed by atoms with Gasteiger partial charge in [0.05, 0.1) is 25.4 Å². The SMILES string of the molecule is CCCOC1C(N)CC1OCCOC. The number of ether oxygens (including phenoxy) is 3. The molecule has 0 aromatic heterocycles. The van der Waals surface area contributed by atoms with Crippen LogP contribution in [-0.2, 0) is 14.2 Å². The molecule has 0 aromatic carbocycles. The highest BCUT2D eigenvalue weighted by Crippen LogP contribution is 2.25. The van der Waals surface area contributed by atoms with E-state index < -0.39 is 0 Å². The Balaban J connectivity index is 2.12. The lowest BCUT2D eigenvalue weighted by Gasteiger charge is -2.41. The van der Waals surface area contributed by atoms with Crippen molar-refractivity contribution in [2.45, 2.75) is 38.0 Å². The second kappa shape index (κ2) is 6.35. The van der Waals surface area contributed by atoms with E-state index in [9.17, 15) is 0 Å². The third kappa shape index (κ3) is 3.20. The fraction of sp³-hybridized carbons (Fsp3) is 1.00. The first-order chi connectivity index (χ1) is 6.79. The van der Waals surface area contributed by atoms with Crippen molar-refractivity contribution >= 4 is 0 Å². The molecule has 1 saturated carbocycles. The summed E-state index contributed by atoms with van der Waals surface area (Å²) in [6, 6.07) is 0.147.